The Balaban J connectivity index is 1.73. The molecule has 1 fully saturated rings. The van der Waals surface area contributed by atoms with E-state index in [2.05, 4.69) is 0 Å². The van der Waals surface area contributed by atoms with Crippen LogP contribution in [0.4, 0.5) is 4.39 Å². The number of amides is 2. The highest BCUT2D eigenvalue weighted by Gasteiger charge is 2.34. The van der Waals surface area contributed by atoms with Crippen molar-refractivity contribution < 1.29 is 23.1 Å². The molecule has 2 amide bonds. The van der Waals surface area contributed by atoms with Crippen LogP contribution in [0.3, 0.4) is 0 Å². The summed E-state index contributed by atoms with van der Waals surface area (Å²) in [5.41, 5.74) is 0.806. The van der Waals surface area contributed by atoms with Crippen molar-refractivity contribution in [2.45, 2.75) is 32.9 Å². The lowest BCUT2D eigenvalue weighted by molar-refractivity contribution is -0.142. The molecule has 0 radical (unpaired) electrons. The summed E-state index contributed by atoms with van der Waals surface area (Å²) in [6.45, 7) is 3.16. The molecule has 0 unspecified atom stereocenters. The van der Waals surface area contributed by atoms with Crippen LogP contribution in [0.15, 0.2) is 40.8 Å². The van der Waals surface area contributed by atoms with Crippen molar-refractivity contribution in [3.8, 4) is 0 Å². The number of furan rings is 1. The largest absolute Gasteiger partial charge is 0.464 e. The van der Waals surface area contributed by atoms with E-state index in [1.54, 1.807) is 29.0 Å². The molecule has 1 aromatic heterocycles. The highest BCUT2D eigenvalue weighted by Crippen LogP contribution is 2.31. The Bertz CT molecular complexity index is 830. The molecule has 0 saturated heterocycles. The van der Waals surface area contributed by atoms with E-state index in [-0.39, 0.29) is 36.6 Å². The maximum atomic E-state index is 13.2. The van der Waals surface area contributed by atoms with Gasteiger partial charge in [-0.05, 0) is 49.6 Å². The highest BCUT2D eigenvalue weighted by molar-refractivity contribution is 5.87. The van der Waals surface area contributed by atoms with Gasteiger partial charge in [-0.2, -0.15) is 0 Å². The Hall–Kier alpha value is -2.67. The average Bonchev–Trinajstić information content (AvgIpc) is 3.48. The van der Waals surface area contributed by atoms with Gasteiger partial charge in [0.15, 0.2) is 0 Å². The smallest absolute Gasteiger partial charge is 0.242 e. The number of hydrogen-bond donors (Lipinski definition) is 0. The van der Waals surface area contributed by atoms with Crippen molar-refractivity contribution in [1.29, 1.82) is 0 Å². The Labute approximate surface area is 170 Å². The maximum Gasteiger partial charge on any atom is 0.242 e. The third kappa shape index (κ3) is 6.15. The number of rotatable bonds is 10. The minimum atomic E-state index is -0.325. The van der Waals surface area contributed by atoms with Crippen LogP contribution in [-0.4, -0.2) is 48.4 Å². The van der Waals surface area contributed by atoms with Crippen LogP contribution in [0, 0.1) is 18.7 Å². The molecule has 2 aromatic rings. The summed E-state index contributed by atoms with van der Waals surface area (Å²) in [6.07, 6.45) is 1.75. The predicted octanol–water partition coefficient (Wildman–Crippen LogP) is 3.14. The first-order valence-corrected chi connectivity index (χ1v) is 9.81. The summed E-state index contributed by atoms with van der Waals surface area (Å²) in [6, 6.07) is 9.73. The number of methoxy groups -OCH3 is 1. The van der Waals surface area contributed by atoms with Crippen LogP contribution in [0.5, 0.6) is 0 Å². The second-order valence-corrected chi connectivity index (χ2v) is 7.42. The van der Waals surface area contributed by atoms with E-state index in [1.165, 1.54) is 12.1 Å². The fourth-order valence-electron chi connectivity index (χ4n) is 3.12. The molecule has 3 rings (SSSR count). The van der Waals surface area contributed by atoms with Gasteiger partial charge in [0, 0.05) is 26.1 Å². The van der Waals surface area contributed by atoms with Crippen molar-refractivity contribution in [3.05, 3.63) is 59.3 Å². The van der Waals surface area contributed by atoms with Gasteiger partial charge < -0.3 is 19.0 Å². The Morgan fingerprint density at radius 2 is 1.83 bits per heavy atom. The number of aryl methyl sites for hydroxylation is 1. The van der Waals surface area contributed by atoms with Gasteiger partial charge in [-0.25, -0.2) is 4.39 Å². The van der Waals surface area contributed by atoms with E-state index in [4.69, 9.17) is 9.15 Å². The lowest BCUT2D eigenvalue weighted by atomic mass is 10.2. The van der Waals surface area contributed by atoms with E-state index in [1.807, 2.05) is 19.1 Å². The van der Waals surface area contributed by atoms with Crippen molar-refractivity contribution in [3.63, 3.8) is 0 Å². The van der Waals surface area contributed by atoms with Gasteiger partial charge >= 0.3 is 0 Å². The van der Waals surface area contributed by atoms with Gasteiger partial charge in [0.1, 0.15) is 17.3 Å². The second kappa shape index (κ2) is 9.69. The summed E-state index contributed by atoms with van der Waals surface area (Å²) >= 11 is 0. The van der Waals surface area contributed by atoms with E-state index < -0.39 is 0 Å². The zero-order valence-electron chi connectivity index (χ0n) is 16.9. The van der Waals surface area contributed by atoms with Crippen molar-refractivity contribution in [2.24, 2.45) is 5.92 Å². The molecular weight excluding hydrogens is 375 g/mol. The molecule has 1 saturated carbocycles. The van der Waals surface area contributed by atoms with Gasteiger partial charge in [-0.3, -0.25) is 9.59 Å². The number of hydrogen-bond acceptors (Lipinski definition) is 4. The molecule has 1 heterocycles. The number of nitrogens with zero attached hydrogens (tertiary/aromatic N) is 2. The molecule has 29 heavy (non-hydrogen) atoms. The molecule has 0 aliphatic heterocycles. The average molecular weight is 402 g/mol. The molecule has 1 aliphatic carbocycles. The zero-order chi connectivity index (χ0) is 20.8. The van der Waals surface area contributed by atoms with Gasteiger partial charge in [0.2, 0.25) is 11.8 Å². The fraction of sp³-hybridized carbons (Fsp3) is 0.455. The zero-order valence-corrected chi connectivity index (χ0v) is 16.9. The molecule has 0 N–H and O–H groups in total. The van der Waals surface area contributed by atoms with Gasteiger partial charge in [-0.15, -0.1) is 0 Å². The normalized spacial score (nSPS) is 13.3. The molecule has 0 atom stereocenters. The monoisotopic (exact) mass is 402 g/mol. The topological polar surface area (TPSA) is 63.0 Å². The SMILES string of the molecule is COCCN(CC(=O)N(Cc1ccc(F)cc1)Cc1ccc(C)o1)C(=O)C1CC1. The Morgan fingerprint density at radius 3 is 2.41 bits per heavy atom. The number of benzene rings is 1. The van der Waals surface area contributed by atoms with Crippen molar-refractivity contribution >= 4 is 11.8 Å². The molecule has 6 nitrogen and oxygen atoms in total. The molecule has 1 aliphatic rings. The third-order valence-electron chi connectivity index (χ3n) is 4.91. The van der Waals surface area contributed by atoms with E-state index in [0.29, 0.717) is 25.5 Å². The minimum Gasteiger partial charge on any atom is -0.464 e. The summed E-state index contributed by atoms with van der Waals surface area (Å²) in [7, 11) is 1.57. The van der Waals surface area contributed by atoms with Crippen molar-refractivity contribution in [2.75, 3.05) is 26.8 Å². The fourth-order valence-corrected chi connectivity index (χ4v) is 3.12. The Kier molecular flexibility index (Phi) is 7.04. The number of ether oxygens (including phenoxy) is 1. The standard InChI is InChI=1S/C22H27FN2O4/c1-16-3-10-20(29-16)14-25(13-17-4-8-19(23)9-5-17)21(26)15-24(11-12-28-2)22(27)18-6-7-18/h3-5,8-10,18H,6-7,11-15H2,1-2H3. The lowest BCUT2D eigenvalue weighted by Crippen LogP contribution is -2.44. The van der Waals surface area contributed by atoms with Gasteiger partial charge in [0.05, 0.1) is 19.7 Å². The van der Waals surface area contributed by atoms with Crippen LogP contribution in [0.25, 0.3) is 0 Å². The predicted molar refractivity (Wildman–Crippen MR) is 105 cm³/mol. The summed E-state index contributed by atoms with van der Waals surface area (Å²) < 4.78 is 24.0. The van der Waals surface area contributed by atoms with Crippen molar-refractivity contribution in [1.82, 2.24) is 9.80 Å². The Morgan fingerprint density at radius 1 is 1.10 bits per heavy atom. The molecular formula is C22H27FN2O4. The number of carbonyl (C=O) groups excluding carboxylic acids is 2. The molecule has 7 heteroatoms. The van der Waals surface area contributed by atoms with Crippen LogP contribution >= 0.6 is 0 Å². The third-order valence-corrected chi connectivity index (χ3v) is 4.91. The van der Waals surface area contributed by atoms with E-state index >= 15 is 0 Å². The maximum absolute atomic E-state index is 13.2. The molecule has 156 valence electrons. The number of carbonyl (C=O) groups is 2. The second-order valence-electron chi connectivity index (χ2n) is 7.42. The quantitative estimate of drug-likeness (QED) is 0.613. The lowest BCUT2D eigenvalue weighted by Gasteiger charge is -2.27. The first-order valence-electron chi connectivity index (χ1n) is 9.81. The molecule has 0 spiro atoms. The highest BCUT2D eigenvalue weighted by atomic mass is 19.1. The first-order chi connectivity index (χ1) is 14.0. The van der Waals surface area contributed by atoms with Crippen LogP contribution in [0.2, 0.25) is 0 Å². The van der Waals surface area contributed by atoms with E-state index in [0.717, 1.165) is 24.2 Å². The van der Waals surface area contributed by atoms with Crippen LogP contribution in [-0.2, 0) is 27.4 Å². The summed E-state index contributed by atoms with van der Waals surface area (Å²) in [5, 5.41) is 0. The molecule has 1 aromatic carbocycles. The van der Waals surface area contributed by atoms with Crippen LogP contribution < -0.4 is 0 Å². The summed E-state index contributed by atoms with van der Waals surface area (Å²) in [4.78, 5) is 28.9. The molecule has 0 bridgehead atoms. The minimum absolute atomic E-state index is 0.00553. The first kappa shape index (κ1) is 21.0. The number of halogens is 1. The van der Waals surface area contributed by atoms with Gasteiger partial charge in [-0.1, -0.05) is 12.1 Å². The summed E-state index contributed by atoms with van der Waals surface area (Å²) in [5.74, 6) is 0.946. The van der Waals surface area contributed by atoms with E-state index in [9.17, 15) is 14.0 Å². The van der Waals surface area contributed by atoms with Crippen LogP contribution in [0.1, 0.15) is 29.9 Å². The van der Waals surface area contributed by atoms with Gasteiger partial charge in [0.25, 0.3) is 0 Å².